The summed E-state index contributed by atoms with van der Waals surface area (Å²) in [5.41, 5.74) is 1.95. The van der Waals surface area contributed by atoms with Crippen molar-refractivity contribution in [3.8, 4) is 0 Å². The maximum absolute atomic E-state index is 11.8. The largest absolute Gasteiger partial charge is 0.463 e. The molecule has 0 bridgehead atoms. The second-order valence-corrected chi connectivity index (χ2v) is 4.04. The maximum atomic E-state index is 11.8. The minimum absolute atomic E-state index is 0.0301. The number of nitrogens with one attached hydrogen (secondary N) is 1. The zero-order valence-electron chi connectivity index (χ0n) is 9.95. The van der Waals surface area contributed by atoms with E-state index in [4.69, 9.17) is 16.0 Å². The molecule has 0 unspecified atom stereocenters. The van der Waals surface area contributed by atoms with Crippen LogP contribution in [0.2, 0.25) is 5.02 Å². The van der Waals surface area contributed by atoms with Gasteiger partial charge in [-0.3, -0.25) is 14.9 Å². The second kappa shape index (κ2) is 5.98. The van der Waals surface area contributed by atoms with Crippen molar-refractivity contribution in [1.82, 2.24) is 5.43 Å². The van der Waals surface area contributed by atoms with E-state index in [1.54, 1.807) is 12.1 Å². The molecule has 8 heteroatoms. The van der Waals surface area contributed by atoms with Crippen LogP contribution in [-0.2, 0) is 0 Å². The van der Waals surface area contributed by atoms with Crippen LogP contribution in [0.4, 0.5) is 5.69 Å². The third-order valence-corrected chi connectivity index (χ3v) is 2.64. The quantitative estimate of drug-likeness (QED) is 0.532. The van der Waals surface area contributed by atoms with E-state index in [2.05, 4.69) is 10.5 Å². The topological polar surface area (TPSA) is 97.7 Å². The summed E-state index contributed by atoms with van der Waals surface area (Å²) in [5, 5.41) is 14.4. The van der Waals surface area contributed by atoms with Gasteiger partial charge in [0.05, 0.1) is 28.0 Å². The molecule has 1 aromatic heterocycles. The van der Waals surface area contributed by atoms with Crippen LogP contribution in [0.1, 0.15) is 16.1 Å². The molecule has 102 valence electrons. The molecule has 1 amide bonds. The number of benzene rings is 1. The summed E-state index contributed by atoms with van der Waals surface area (Å²) in [6.07, 6.45) is 2.75. The Morgan fingerprint density at radius 1 is 1.45 bits per heavy atom. The molecule has 20 heavy (non-hydrogen) atoms. The molecule has 0 atom stereocenters. The summed E-state index contributed by atoms with van der Waals surface area (Å²) >= 11 is 5.82. The van der Waals surface area contributed by atoms with E-state index in [1.165, 1.54) is 24.6 Å². The number of amides is 1. The predicted octanol–water partition coefficient (Wildman–Crippen LogP) is 2.61. The van der Waals surface area contributed by atoms with E-state index in [9.17, 15) is 14.9 Å². The van der Waals surface area contributed by atoms with Crippen LogP contribution < -0.4 is 5.43 Å². The van der Waals surface area contributed by atoms with Crippen LogP contribution in [0.15, 0.2) is 46.1 Å². The van der Waals surface area contributed by atoms with Crippen LogP contribution >= 0.6 is 11.6 Å². The number of non-ortho nitro benzene ring substituents is 1. The average molecular weight is 294 g/mol. The van der Waals surface area contributed by atoms with E-state index < -0.39 is 10.8 Å². The van der Waals surface area contributed by atoms with Crippen molar-refractivity contribution in [2.45, 2.75) is 0 Å². The maximum Gasteiger partial charge on any atom is 0.273 e. The summed E-state index contributed by atoms with van der Waals surface area (Å²) in [4.78, 5) is 21.8. The number of carbonyl (C=O) groups excluding carboxylic acids is 1. The SMILES string of the molecule is O=C(N/N=C/c1ccco1)c1cc([N+](=O)[O-])ccc1Cl. The summed E-state index contributed by atoms with van der Waals surface area (Å²) in [6, 6.07) is 6.90. The summed E-state index contributed by atoms with van der Waals surface area (Å²) in [6.45, 7) is 0. The van der Waals surface area contributed by atoms with Gasteiger partial charge in [0.1, 0.15) is 5.76 Å². The molecule has 0 radical (unpaired) electrons. The number of hydrazone groups is 1. The van der Waals surface area contributed by atoms with Gasteiger partial charge in [-0.05, 0) is 18.2 Å². The Bertz CT molecular complexity index is 667. The van der Waals surface area contributed by atoms with Crippen molar-refractivity contribution in [3.63, 3.8) is 0 Å². The lowest BCUT2D eigenvalue weighted by Gasteiger charge is -2.02. The Balaban J connectivity index is 2.12. The van der Waals surface area contributed by atoms with Crippen molar-refractivity contribution in [3.05, 3.63) is 63.1 Å². The summed E-state index contributed by atoms with van der Waals surface area (Å²) in [7, 11) is 0. The molecule has 1 aromatic carbocycles. The first-order valence-electron chi connectivity index (χ1n) is 5.39. The molecular weight excluding hydrogens is 286 g/mol. The van der Waals surface area contributed by atoms with Crippen LogP contribution in [0.25, 0.3) is 0 Å². The smallest absolute Gasteiger partial charge is 0.273 e. The van der Waals surface area contributed by atoms with Crippen LogP contribution in [0.3, 0.4) is 0 Å². The van der Waals surface area contributed by atoms with Crippen LogP contribution in [0, 0.1) is 10.1 Å². The predicted molar refractivity (Wildman–Crippen MR) is 71.9 cm³/mol. The first-order chi connectivity index (χ1) is 9.58. The van der Waals surface area contributed by atoms with Gasteiger partial charge in [0, 0.05) is 12.1 Å². The second-order valence-electron chi connectivity index (χ2n) is 3.64. The molecule has 0 fully saturated rings. The number of hydrogen-bond donors (Lipinski definition) is 1. The van der Waals surface area contributed by atoms with Crippen molar-refractivity contribution in [2.75, 3.05) is 0 Å². The average Bonchev–Trinajstić information content (AvgIpc) is 2.92. The van der Waals surface area contributed by atoms with E-state index in [0.29, 0.717) is 5.76 Å². The van der Waals surface area contributed by atoms with Gasteiger partial charge in [0.25, 0.3) is 11.6 Å². The molecule has 7 nitrogen and oxygen atoms in total. The highest BCUT2D eigenvalue weighted by Gasteiger charge is 2.15. The number of nitrogens with zero attached hydrogens (tertiary/aromatic N) is 2. The lowest BCUT2D eigenvalue weighted by molar-refractivity contribution is -0.384. The Labute approximate surface area is 118 Å². The minimum Gasteiger partial charge on any atom is -0.463 e. The first-order valence-corrected chi connectivity index (χ1v) is 5.76. The molecule has 2 rings (SSSR count). The van der Waals surface area contributed by atoms with E-state index in [-0.39, 0.29) is 16.3 Å². The Kier molecular flexibility index (Phi) is 4.11. The molecule has 0 aliphatic heterocycles. The molecule has 1 heterocycles. The van der Waals surface area contributed by atoms with Gasteiger partial charge < -0.3 is 4.42 Å². The number of nitro groups is 1. The lowest BCUT2D eigenvalue weighted by atomic mass is 10.2. The van der Waals surface area contributed by atoms with E-state index >= 15 is 0 Å². The molecular formula is C12H8ClN3O4. The Morgan fingerprint density at radius 2 is 2.25 bits per heavy atom. The van der Waals surface area contributed by atoms with Crippen LogP contribution in [-0.4, -0.2) is 17.0 Å². The monoisotopic (exact) mass is 293 g/mol. The first kappa shape index (κ1) is 13.8. The minimum atomic E-state index is -0.651. The molecule has 0 saturated carbocycles. The van der Waals surface area contributed by atoms with Gasteiger partial charge in [-0.1, -0.05) is 11.6 Å². The lowest BCUT2D eigenvalue weighted by Crippen LogP contribution is -2.18. The summed E-state index contributed by atoms with van der Waals surface area (Å²) in [5.74, 6) is -0.197. The fraction of sp³-hybridized carbons (Fsp3) is 0. The summed E-state index contributed by atoms with van der Waals surface area (Å²) < 4.78 is 4.98. The molecule has 0 saturated heterocycles. The van der Waals surface area contributed by atoms with Crippen molar-refractivity contribution in [2.24, 2.45) is 5.10 Å². The number of hydrogen-bond acceptors (Lipinski definition) is 5. The van der Waals surface area contributed by atoms with Gasteiger partial charge >= 0.3 is 0 Å². The Morgan fingerprint density at radius 3 is 2.90 bits per heavy atom. The number of nitro benzene ring substituents is 1. The molecule has 0 spiro atoms. The van der Waals surface area contributed by atoms with Crippen molar-refractivity contribution in [1.29, 1.82) is 0 Å². The standard InChI is InChI=1S/C12H8ClN3O4/c13-11-4-3-8(16(18)19)6-10(11)12(17)15-14-7-9-2-1-5-20-9/h1-7H,(H,15,17)/b14-7+. The normalized spacial score (nSPS) is 10.7. The van der Waals surface area contributed by atoms with E-state index in [1.807, 2.05) is 0 Å². The van der Waals surface area contributed by atoms with E-state index in [0.717, 1.165) is 6.07 Å². The fourth-order valence-corrected chi connectivity index (χ4v) is 1.58. The number of furan rings is 1. The van der Waals surface area contributed by atoms with Gasteiger partial charge in [-0.25, -0.2) is 5.43 Å². The molecule has 1 N–H and O–H groups in total. The fourth-order valence-electron chi connectivity index (χ4n) is 1.38. The number of halogens is 1. The van der Waals surface area contributed by atoms with Gasteiger partial charge in [0.2, 0.25) is 0 Å². The number of carbonyl (C=O) groups is 1. The third kappa shape index (κ3) is 3.21. The highest BCUT2D eigenvalue weighted by molar-refractivity contribution is 6.33. The van der Waals surface area contributed by atoms with Gasteiger partial charge in [-0.2, -0.15) is 5.10 Å². The highest BCUT2D eigenvalue weighted by Crippen LogP contribution is 2.21. The van der Waals surface area contributed by atoms with Crippen LogP contribution in [0.5, 0.6) is 0 Å². The van der Waals surface area contributed by atoms with Gasteiger partial charge in [0.15, 0.2) is 0 Å². The molecule has 0 aliphatic carbocycles. The third-order valence-electron chi connectivity index (χ3n) is 2.31. The Hall–Kier alpha value is -2.67. The zero-order valence-corrected chi connectivity index (χ0v) is 10.7. The molecule has 0 aliphatic rings. The number of rotatable bonds is 4. The zero-order chi connectivity index (χ0) is 14.5. The van der Waals surface area contributed by atoms with Crippen molar-refractivity contribution >= 4 is 29.4 Å². The van der Waals surface area contributed by atoms with Crippen molar-refractivity contribution < 1.29 is 14.1 Å². The highest BCUT2D eigenvalue weighted by atomic mass is 35.5. The van der Waals surface area contributed by atoms with Gasteiger partial charge in [-0.15, -0.1) is 0 Å². The molecule has 2 aromatic rings.